The zero-order valence-electron chi connectivity index (χ0n) is 19.6. The minimum atomic E-state index is -0.668. The zero-order chi connectivity index (χ0) is 23.0. The molecule has 29 heavy (non-hydrogen) atoms. The second-order valence-corrected chi connectivity index (χ2v) is 8.38. The Kier molecular flexibility index (Phi) is 18.4. The van der Waals surface area contributed by atoms with Gasteiger partial charge in [-0.25, -0.2) is 0 Å². The van der Waals surface area contributed by atoms with Crippen molar-refractivity contribution in [3.8, 4) is 0 Å². The Balaban J connectivity index is 0. The maximum Gasteiger partial charge on any atom is 0.243 e. The average Bonchev–Trinajstić information content (AvgIpc) is 2.67. The van der Waals surface area contributed by atoms with E-state index in [1.54, 1.807) is 13.3 Å². The van der Waals surface area contributed by atoms with Crippen molar-refractivity contribution in [2.75, 3.05) is 19.8 Å². The normalized spacial score (nSPS) is 13.9. The SMILES string of the molecule is CC.CNC(C(=O)N[C@@H](CC(C)C)C(=O)NC(CCCCN)C(=O)SC)C(C)C. The number of carbonyl (C=O) groups excluding carboxylic acids is 3. The van der Waals surface area contributed by atoms with Gasteiger partial charge in [0.15, 0.2) is 0 Å². The number of carbonyl (C=O) groups is 3. The molecule has 0 saturated heterocycles. The molecule has 0 aromatic rings. The molecule has 0 spiro atoms. The van der Waals surface area contributed by atoms with E-state index in [2.05, 4.69) is 16.0 Å². The molecule has 0 aromatic carbocycles. The van der Waals surface area contributed by atoms with E-state index >= 15 is 0 Å². The van der Waals surface area contributed by atoms with Gasteiger partial charge in [-0.15, -0.1) is 0 Å². The Morgan fingerprint density at radius 1 is 0.931 bits per heavy atom. The molecule has 2 amide bonds. The van der Waals surface area contributed by atoms with Crippen molar-refractivity contribution in [1.29, 1.82) is 0 Å². The summed E-state index contributed by atoms with van der Waals surface area (Å²) in [6.07, 6.45) is 4.34. The molecular weight excluding hydrogens is 388 g/mol. The van der Waals surface area contributed by atoms with Crippen LogP contribution in [-0.4, -0.2) is 54.9 Å². The monoisotopic (exact) mass is 432 g/mol. The first-order chi connectivity index (χ1) is 13.7. The molecule has 7 nitrogen and oxygen atoms in total. The largest absolute Gasteiger partial charge is 0.344 e. The van der Waals surface area contributed by atoms with Crippen molar-refractivity contribution in [2.24, 2.45) is 17.6 Å². The van der Waals surface area contributed by atoms with Crippen LogP contribution in [0, 0.1) is 11.8 Å². The maximum atomic E-state index is 12.8. The lowest BCUT2D eigenvalue weighted by Gasteiger charge is -2.26. The van der Waals surface area contributed by atoms with Gasteiger partial charge in [0.25, 0.3) is 0 Å². The minimum absolute atomic E-state index is 0.0784. The Morgan fingerprint density at radius 3 is 1.90 bits per heavy atom. The predicted molar refractivity (Wildman–Crippen MR) is 124 cm³/mol. The molecule has 0 saturated carbocycles. The van der Waals surface area contributed by atoms with Crippen LogP contribution in [0.5, 0.6) is 0 Å². The first-order valence-electron chi connectivity index (χ1n) is 10.7. The second kappa shape index (κ2) is 17.7. The van der Waals surface area contributed by atoms with E-state index < -0.39 is 12.1 Å². The predicted octanol–water partition coefficient (Wildman–Crippen LogP) is 2.29. The van der Waals surface area contributed by atoms with Gasteiger partial charge in [0.1, 0.15) is 6.04 Å². The number of rotatable bonds is 13. The second-order valence-electron chi connectivity index (χ2n) is 7.57. The Morgan fingerprint density at radius 2 is 1.48 bits per heavy atom. The highest BCUT2D eigenvalue weighted by Gasteiger charge is 2.29. The van der Waals surface area contributed by atoms with Crippen molar-refractivity contribution >= 4 is 28.7 Å². The molecule has 0 heterocycles. The Bertz CT molecular complexity index is 473. The number of hydrogen-bond donors (Lipinski definition) is 4. The third-order valence-electron chi connectivity index (χ3n) is 4.35. The molecular formula is C21H44N4O3S. The highest BCUT2D eigenvalue weighted by atomic mass is 32.2. The molecule has 0 aromatic heterocycles. The van der Waals surface area contributed by atoms with E-state index in [-0.39, 0.29) is 34.8 Å². The number of amides is 2. The summed E-state index contributed by atoms with van der Waals surface area (Å²) in [5, 5.41) is 8.61. The molecule has 8 heteroatoms. The molecule has 0 aliphatic carbocycles. The number of likely N-dealkylation sites (N-methyl/N-ethyl adjacent to an activating group) is 1. The van der Waals surface area contributed by atoms with Crippen molar-refractivity contribution in [3.63, 3.8) is 0 Å². The quantitative estimate of drug-likeness (QED) is 0.332. The third kappa shape index (κ3) is 12.9. The molecule has 0 rings (SSSR count). The van der Waals surface area contributed by atoms with Crippen molar-refractivity contribution in [2.45, 2.75) is 85.4 Å². The fourth-order valence-corrected chi connectivity index (χ4v) is 3.35. The average molecular weight is 433 g/mol. The number of thioether (sulfide) groups is 1. The lowest BCUT2D eigenvalue weighted by atomic mass is 9.99. The lowest BCUT2D eigenvalue weighted by Crippen LogP contribution is -2.55. The van der Waals surface area contributed by atoms with Crippen LogP contribution in [0.15, 0.2) is 0 Å². The Hall–Kier alpha value is -1.12. The number of hydrogen-bond acceptors (Lipinski definition) is 6. The van der Waals surface area contributed by atoms with E-state index in [4.69, 9.17) is 5.73 Å². The fraction of sp³-hybridized carbons (Fsp3) is 0.857. The highest BCUT2D eigenvalue weighted by Crippen LogP contribution is 2.12. The summed E-state index contributed by atoms with van der Waals surface area (Å²) >= 11 is 1.10. The van der Waals surface area contributed by atoms with Gasteiger partial charge in [-0.3, -0.25) is 14.4 Å². The molecule has 0 aliphatic rings. The van der Waals surface area contributed by atoms with Gasteiger partial charge in [-0.05, 0) is 57.4 Å². The van der Waals surface area contributed by atoms with E-state index in [1.165, 1.54) is 0 Å². The van der Waals surface area contributed by atoms with Crippen LogP contribution in [0.3, 0.4) is 0 Å². The standard InChI is InChI=1S/C19H38N4O3S.C2H6/c1-12(2)11-15(23-18(25)16(21-5)13(3)4)17(24)22-14(19(26)27-6)9-7-8-10-20;1-2/h12-16,21H,7-11,20H2,1-6H3,(H,22,24)(H,23,25);1-2H3/t14?,15-,16?;/m0./s1. The summed E-state index contributed by atoms with van der Waals surface area (Å²) in [5.41, 5.74) is 5.52. The van der Waals surface area contributed by atoms with E-state index in [0.29, 0.717) is 19.4 Å². The van der Waals surface area contributed by atoms with Crippen LogP contribution in [-0.2, 0) is 14.4 Å². The van der Waals surface area contributed by atoms with Crippen molar-refractivity contribution < 1.29 is 14.4 Å². The summed E-state index contributed by atoms with van der Waals surface area (Å²) in [6.45, 7) is 12.4. The van der Waals surface area contributed by atoms with Crippen molar-refractivity contribution in [3.05, 3.63) is 0 Å². The van der Waals surface area contributed by atoms with Gasteiger partial charge in [-0.1, -0.05) is 53.3 Å². The molecule has 0 radical (unpaired) electrons. The van der Waals surface area contributed by atoms with Gasteiger partial charge >= 0.3 is 0 Å². The zero-order valence-corrected chi connectivity index (χ0v) is 20.4. The molecule has 3 atom stereocenters. The van der Waals surface area contributed by atoms with E-state index in [1.807, 2.05) is 41.5 Å². The van der Waals surface area contributed by atoms with Crippen molar-refractivity contribution in [1.82, 2.24) is 16.0 Å². The van der Waals surface area contributed by atoms with Crippen LogP contribution in [0.2, 0.25) is 0 Å². The fourth-order valence-electron chi connectivity index (χ4n) is 2.89. The number of unbranched alkanes of at least 4 members (excludes halogenated alkanes) is 1. The lowest BCUT2D eigenvalue weighted by molar-refractivity contribution is -0.132. The summed E-state index contributed by atoms with van der Waals surface area (Å²) < 4.78 is 0. The maximum absolute atomic E-state index is 12.8. The number of nitrogens with two attached hydrogens (primary N) is 1. The smallest absolute Gasteiger partial charge is 0.243 e. The van der Waals surface area contributed by atoms with Crippen LogP contribution in [0.4, 0.5) is 0 Å². The first kappa shape index (κ1) is 30.1. The summed E-state index contributed by atoms with van der Waals surface area (Å²) in [7, 11) is 1.73. The van der Waals surface area contributed by atoms with Crippen LogP contribution >= 0.6 is 11.8 Å². The van der Waals surface area contributed by atoms with Crippen LogP contribution in [0.1, 0.15) is 67.2 Å². The first-order valence-corrected chi connectivity index (χ1v) is 12.0. The molecule has 0 fully saturated rings. The topological polar surface area (TPSA) is 113 Å². The van der Waals surface area contributed by atoms with Gasteiger partial charge in [-0.2, -0.15) is 0 Å². The summed E-state index contributed by atoms with van der Waals surface area (Å²) in [5.74, 6) is -0.195. The molecule has 172 valence electrons. The highest BCUT2D eigenvalue weighted by molar-refractivity contribution is 8.13. The number of nitrogens with one attached hydrogen (secondary N) is 3. The van der Waals surface area contributed by atoms with E-state index in [9.17, 15) is 14.4 Å². The van der Waals surface area contributed by atoms with Gasteiger partial charge in [0, 0.05) is 0 Å². The van der Waals surface area contributed by atoms with Gasteiger partial charge in [0.2, 0.25) is 16.9 Å². The molecule has 0 bridgehead atoms. The van der Waals surface area contributed by atoms with Gasteiger partial charge < -0.3 is 21.7 Å². The molecule has 2 unspecified atom stereocenters. The molecule has 5 N–H and O–H groups in total. The van der Waals surface area contributed by atoms with Crippen LogP contribution in [0.25, 0.3) is 0 Å². The molecule has 0 aliphatic heterocycles. The van der Waals surface area contributed by atoms with Gasteiger partial charge in [0.05, 0.1) is 12.1 Å². The summed E-state index contributed by atoms with van der Waals surface area (Å²) in [4.78, 5) is 37.6. The Labute approximate surface area is 182 Å². The van der Waals surface area contributed by atoms with Crippen LogP contribution < -0.4 is 21.7 Å². The summed E-state index contributed by atoms with van der Waals surface area (Å²) in [6, 6.07) is -1.60. The minimum Gasteiger partial charge on any atom is -0.344 e. The third-order valence-corrected chi connectivity index (χ3v) is 5.04. The van der Waals surface area contributed by atoms with E-state index in [0.717, 1.165) is 24.6 Å².